The summed E-state index contributed by atoms with van der Waals surface area (Å²) in [4.78, 5) is 0. The van der Waals surface area contributed by atoms with Crippen molar-refractivity contribution in [3.05, 3.63) is 12.7 Å². The average Bonchev–Trinajstić information content (AvgIpc) is 0.780. The SMILES string of the molecule is C=CCO[C@H]1[C@H]2O[C@H]3[C@@H](OC)[C@H](OC)[C@@H](O[C@H]4[C@@H](OC)[C@H](OC)[C@@H](O[C@H]5[C@H](OC)[C@@H](OC)[C@@H](O[C@H]6[C@H](OC)[C@@H](OC)[C@@H](O[C@H]7[C@H](OC)[C@@H](OC)[C@@H](O[C@H]8[C@H](OC)[C@@H](OC)[C@@H](O[C@@H]([C@@H]1OC)[C@H](CO[Si](C)(C)C(C)(C)C)O2)O[C@H]8CO[Si](C)(C)C(C)(C)C)O[C@H]7CO[Si](C)(C)C(C)(C)C)O[C@H]6CO[Si](C)(C)C(C)(C)C)O[C@@H]5CO[Si](C)(C)C(C)(C)C)O[C@@H]4CO[Si](C)(C)C(C)(C)C)O[C@@H]3CO[Si](C)(C)C(C)(C)C. The van der Waals surface area contributed by atoms with Crippen molar-refractivity contribution in [3.63, 3.8) is 0 Å². The van der Waals surface area contributed by atoms with Crippen LogP contribution >= 0.6 is 0 Å². The normalized spacial score (nSPS) is 37.3. The monoisotopic (exact) mass is 2160 g/mol. The van der Waals surface area contributed by atoms with Gasteiger partial charge >= 0.3 is 0 Å². The lowest BCUT2D eigenvalue weighted by molar-refractivity contribution is -0.402. The molecule has 0 amide bonds. The molecule has 35 nitrogen and oxygen atoms in total. The van der Waals surface area contributed by atoms with E-state index in [1.54, 1.807) is 98.5 Å². The van der Waals surface area contributed by atoms with Gasteiger partial charge in [0.25, 0.3) is 0 Å². The van der Waals surface area contributed by atoms with Gasteiger partial charge in [0.05, 0.1) is 52.9 Å². The highest BCUT2D eigenvalue weighted by atomic mass is 28.4. The van der Waals surface area contributed by atoms with Gasteiger partial charge in [-0.2, -0.15) is 0 Å². The van der Waals surface area contributed by atoms with Crippen LogP contribution in [-0.2, 0) is 164 Å². The Morgan fingerprint density at radius 3 is 0.401 bits per heavy atom. The van der Waals surface area contributed by atoms with Crippen molar-refractivity contribution >= 4 is 58.2 Å². The zero-order chi connectivity index (χ0) is 107. The van der Waals surface area contributed by atoms with Crippen molar-refractivity contribution in [1.82, 2.24) is 0 Å². The summed E-state index contributed by atoms with van der Waals surface area (Å²) in [5, 5.41) is -1.93. The molecule has 15 saturated heterocycles. The van der Waals surface area contributed by atoms with Crippen LogP contribution in [0, 0.1) is 0 Å². The minimum absolute atomic E-state index is 0.00123. The van der Waals surface area contributed by atoms with Crippen molar-refractivity contribution in [2.75, 3.05) is 145 Å². The van der Waals surface area contributed by atoms with Gasteiger partial charge in [-0.3, -0.25) is 0 Å². The fourth-order valence-electron chi connectivity index (χ4n) is 17.4. The molecule has 42 heteroatoms. The summed E-state index contributed by atoms with van der Waals surface area (Å²) in [5.74, 6) is 0. The standard InChI is InChI=1S/C100H198O35Si7/c1-50-51-114-86-79(107-29)72-65(58-121-142(48,49)100(20,21)22)128-93(86)135-71-64(57-120-141(46,47)99(17,18)19)127-91(85(113-35)78(71)106-28)133-69-62(55-118-139(42,43)97(11,12)13)125-89(83(111-33)76(69)104-26)131-67-60(53-116-137(38,39)95(5,6)7)123-87(81(109-31)74(67)102-24)129-66-59(52-115-136(36,37)94(2,3)4)122-88(80(108-30)73(66)101-23)130-68-61(54-117-138(40,41)96(8,9)10)124-90(82(110-32)75(68)103-25)132-70-63(56-119-140(44,45)98(14,15)16)126-92(134-72)84(112-34)77(70)105-27/h50,59-93H,1,51-58H2,2-49H3/t59-,60+,61-,62+,63-,64+,65-,66+,67+,68+,69+,70+,71+,72+,73-,74-,75-,76+,77-,78+,79-,80+,81+,82+,83-,84+,85-,86+,87+,88+,89+,90+,91+,92+,93+/m0/s1. The highest BCUT2D eigenvalue weighted by molar-refractivity contribution is 6.76. The van der Waals surface area contributed by atoms with Gasteiger partial charge in [-0.25, -0.2) is 0 Å². The third-order valence-electron chi connectivity index (χ3n) is 34.0. The number of ether oxygens (including phenoxy) is 28. The molecule has 0 unspecified atom stereocenters. The number of rotatable bonds is 37. The molecule has 15 fully saturated rings. The Morgan fingerprint density at radius 2 is 0.296 bits per heavy atom. The molecule has 35 atom stereocenters. The second-order valence-electron chi connectivity index (χ2n) is 50.2. The molecule has 0 N–H and O–H groups in total. The first kappa shape index (κ1) is 127. The van der Waals surface area contributed by atoms with Gasteiger partial charge in [0.15, 0.2) is 102 Å². The second kappa shape index (κ2) is 50.8. The smallest absolute Gasteiger partial charge is 0.192 e. The largest absolute Gasteiger partial charge is 0.414 e. The van der Waals surface area contributed by atoms with Gasteiger partial charge < -0.3 is 164 Å². The van der Waals surface area contributed by atoms with E-state index >= 15 is 0 Å². The predicted octanol–water partition coefficient (Wildman–Crippen LogP) is 15.7. The zero-order valence-electron chi connectivity index (χ0n) is 96.4. The summed E-state index contributed by atoms with van der Waals surface area (Å²) in [6.45, 7) is 80.4. The molecule has 0 aromatic carbocycles. The van der Waals surface area contributed by atoms with Crippen LogP contribution in [-0.4, -0.2) is 418 Å². The topological polar surface area (TPSA) is 323 Å². The van der Waals surface area contributed by atoms with Crippen LogP contribution in [0.5, 0.6) is 0 Å². The molecule has 0 aromatic rings. The van der Waals surface area contributed by atoms with E-state index < -0.39 is 273 Å². The van der Waals surface area contributed by atoms with Crippen molar-refractivity contribution in [3.8, 4) is 0 Å². The van der Waals surface area contributed by atoms with Gasteiger partial charge in [-0.1, -0.05) is 151 Å². The molecular formula is C100H198O35Si7. The van der Waals surface area contributed by atoms with Gasteiger partial charge in [0.1, 0.15) is 171 Å². The van der Waals surface area contributed by atoms with Crippen LogP contribution < -0.4 is 0 Å². The van der Waals surface area contributed by atoms with Crippen LogP contribution in [0.2, 0.25) is 127 Å². The fraction of sp³-hybridized carbons (Fsp3) is 0.980. The molecule has 0 saturated carbocycles. The molecule has 15 aliphatic heterocycles. The first-order valence-corrected chi connectivity index (χ1v) is 71.6. The number of methoxy groups -OCH3 is 13. The van der Waals surface area contributed by atoms with Crippen molar-refractivity contribution < 1.29 is 164 Å². The van der Waals surface area contributed by atoms with E-state index in [2.05, 4.69) is 244 Å². The maximum Gasteiger partial charge on any atom is 0.192 e. The second-order valence-corrected chi connectivity index (χ2v) is 83.9. The molecule has 0 spiro atoms. The van der Waals surface area contributed by atoms with Gasteiger partial charge in [-0.15, -0.1) is 6.58 Å². The van der Waals surface area contributed by atoms with Crippen molar-refractivity contribution in [2.24, 2.45) is 0 Å². The highest BCUT2D eigenvalue weighted by Gasteiger charge is 2.65. The minimum Gasteiger partial charge on any atom is -0.414 e. The Kier molecular flexibility index (Phi) is 45.5. The Bertz CT molecular complexity index is 3680. The van der Waals surface area contributed by atoms with Crippen LogP contribution in [0.3, 0.4) is 0 Å². The highest BCUT2D eigenvalue weighted by Crippen LogP contribution is 2.50. The minimum atomic E-state index is -2.69. The van der Waals surface area contributed by atoms with E-state index in [1.807, 2.05) is 0 Å². The summed E-state index contributed by atoms with van der Waals surface area (Å²) in [7, 11) is 1.89. The number of fused-ring (bicyclic) bond motifs is 7. The Labute approximate surface area is 862 Å². The van der Waals surface area contributed by atoms with E-state index in [0.29, 0.717) is 0 Å². The number of hydrogen-bond donors (Lipinski definition) is 0. The molecule has 14 bridgehead atoms. The lowest BCUT2D eigenvalue weighted by Gasteiger charge is -2.53. The van der Waals surface area contributed by atoms with Crippen LogP contribution in [0.1, 0.15) is 145 Å². The summed E-state index contributed by atoms with van der Waals surface area (Å²) >= 11 is 0. The lowest BCUT2D eigenvalue weighted by atomic mass is 9.94. The summed E-state index contributed by atoms with van der Waals surface area (Å²) in [6, 6.07) is 0. The molecular weight excluding hydrogens is 1960 g/mol. The molecule has 15 aliphatic rings. The lowest BCUT2D eigenvalue weighted by Crippen LogP contribution is -2.70. The average molecular weight is 2160 g/mol. The molecule has 0 aromatic heterocycles. The Morgan fingerprint density at radius 1 is 0.183 bits per heavy atom. The predicted molar refractivity (Wildman–Crippen MR) is 557 cm³/mol. The summed E-state index contributed by atoms with van der Waals surface area (Å²) in [6.07, 6.45) is -37.2. The first-order valence-electron chi connectivity index (χ1n) is 51.2. The molecule has 0 aliphatic carbocycles. The van der Waals surface area contributed by atoms with E-state index in [9.17, 15) is 0 Å². The quantitative estimate of drug-likeness (QED) is 0.0412. The van der Waals surface area contributed by atoms with Gasteiger partial charge in [-0.05, 0) is 127 Å². The van der Waals surface area contributed by atoms with Crippen LogP contribution in [0.25, 0.3) is 0 Å². The van der Waals surface area contributed by atoms with E-state index in [4.69, 9.17) is 164 Å². The molecule has 836 valence electrons. The summed E-state index contributed by atoms with van der Waals surface area (Å²) in [5.41, 5.74) is 0. The third kappa shape index (κ3) is 29.4. The molecule has 0 radical (unpaired) electrons. The fourth-order valence-corrected chi connectivity index (χ4v) is 24.5. The molecule has 15 rings (SSSR count). The Hall–Kier alpha value is -0.142. The third-order valence-corrected chi connectivity index (χ3v) is 65.5. The van der Waals surface area contributed by atoms with Crippen molar-refractivity contribution in [2.45, 2.75) is 487 Å². The maximum absolute atomic E-state index is 7.71. The maximum atomic E-state index is 7.71. The molecule has 15 heterocycles. The van der Waals surface area contributed by atoms with Crippen LogP contribution in [0.4, 0.5) is 0 Å². The van der Waals surface area contributed by atoms with Gasteiger partial charge in [0, 0.05) is 92.4 Å². The van der Waals surface area contributed by atoms with E-state index in [1.165, 1.54) is 0 Å². The van der Waals surface area contributed by atoms with E-state index in [-0.39, 0.29) is 88.1 Å². The number of hydrogen-bond acceptors (Lipinski definition) is 35. The first-order chi connectivity index (χ1) is 65.5. The van der Waals surface area contributed by atoms with E-state index in [0.717, 1.165) is 0 Å². The Balaban J connectivity index is 1.45. The summed E-state index contributed by atoms with van der Waals surface area (Å²) < 4.78 is 253. The zero-order valence-corrected chi connectivity index (χ0v) is 103. The van der Waals surface area contributed by atoms with Crippen LogP contribution in [0.15, 0.2) is 12.7 Å². The van der Waals surface area contributed by atoms with Crippen molar-refractivity contribution in [1.29, 1.82) is 0 Å². The molecule has 142 heavy (non-hydrogen) atoms. The van der Waals surface area contributed by atoms with Gasteiger partial charge in [0.2, 0.25) is 0 Å².